The van der Waals surface area contributed by atoms with Crippen molar-refractivity contribution in [3.63, 3.8) is 0 Å². The molecule has 2 saturated heterocycles. The zero-order valence-electron chi connectivity index (χ0n) is 11.6. The highest BCUT2D eigenvalue weighted by atomic mass is 32.2. The van der Waals surface area contributed by atoms with Gasteiger partial charge in [-0.2, -0.15) is 0 Å². The first-order chi connectivity index (χ1) is 9.23. The van der Waals surface area contributed by atoms with E-state index >= 15 is 0 Å². The molecule has 2 fully saturated rings. The first kappa shape index (κ1) is 13.3. The Morgan fingerprint density at radius 1 is 1.26 bits per heavy atom. The lowest BCUT2D eigenvalue weighted by Crippen LogP contribution is -2.58. The van der Waals surface area contributed by atoms with E-state index in [0.29, 0.717) is 10.9 Å². The van der Waals surface area contributed by atoms with Gasteiger partial charge in [0.1, 0.15) is 5.75 Å². The maximum atomic E-state index is 5.47. The van der Waals surface area contributed by atoms with E-state index in [0.717, 1.165) is 18.0 Å². The Hall–Kier alpha value is -0.710. The maximum Gasteiger partial charge on any atom is 0.118 e. The summed E-state index contributed by atoms with van der Waals surface area (Å²) in [6.45, 7) is 3.44. The summed E-state index contributed by atoms with van der Waals surface area (Å²) in [6.07, 6.45) is 1.68. The molecule has 2 aliphatic heterocycles. The molecule has 0 N–H and O–H groups in total. The van der Waals surface area contributed by atoms with Gasteiger partial charge < -0.3 is 9.47 Å². The highest BCUT2D eigenvalue weighted by Gasteiger charge is 2.48. The summed E-state index contributed by atoms with van der Waals surface area (Å²) in [5.41, 5.74) is 1.36. The molecule has 104 valence electrons. The van der Waals surface area contributed by atoms with Crippen LogP contribution in [0.4, 0.5) is 0 Å². The summed E-state index contributed by atoms with van der Waals surface area (Å²) >= 11 is 2.10. The second kappa shape index (κ2) is 5.35. The van der Waals surface area contributed by atoms with E-state index in [1.54, 1.807) is 7.11 Å². The number of thioether (sulfide) groups is 1. The van der Waals surface area contributed by atoms with Crippen LogP contribution < -0.4 is 4.74 Å². The standard InChI is InChI=1S/C15H21NO2S/c1-17-13-5-3-12(4-6-13)8-16-10-15(11-16)7-14(18-2)9-19-15/h3-6,14H,7-11H2,1-2H3/t14-/m0/s1. The molecular weight excluding hydrogens is 258 g/mol. The molecule has 0 aromatic heterocycles. The van der Waals surface area contributed by atoms with Gasteiger partial charge in [-0.25, -0.2) is 0 Å². The van der Waals surface area contributed by atoms with Crippen molar-refractivity contribution < 1.29 is 9.47 Å². The second-order valence-corrected chi connectivity index (χ2v) is 7.04. The van der Waals surface area contributed by atoms with Crippen LogP contribution in [0.1, 0.15) is 12.0 Å². The molecule has 1 aromatic carbocycles. The van der Waals surface area contributed by atoms with Crippen LogP contribution in [0.15, 0.2) is 24.3 Å². The molecular formula is C15H21NO2S. The molecule has 1 atom stereocenters. The van der Waals surface area contributed by atoms with E-state index in [2.05, 4.69) is 28.8 Å². The van der Waals surface area contributed by atoms with Crippen LogP contribution >= 0.6 is 11.8 Å². The summed E-state index contributed by atoms with van der Waals surface area (Å²) in [5, 5.41) is 0. The first-order valence-corrected chi connectivity index (χ1v) is 7.74. The Balaban J connectivity index is 1.51. The van der Waals surface area contributed by atoms with E-state index in [-0.39, 0.29) is 0 Å². The molecule has 3 nitrogen and oxygen atoms in total. The van der Waals surface area contributed by atoms with Gasteiger partial charge in [-0.1, -0.05) is 12.1 Å². The summed E-state index contributed by atoms with van der Waals surface area (Å²) in [7, 11) is 3.54. The fraction of sp³-hybridized carbons (Fsp3) is 0.600. The van der Waals surface area contributed by atoms with Gasteiger partial charge in [-0.15, -0.1) is 11.8 Å². The van der Waals surface area contributed by atoms with Crippen molar-refractivity contribution in [2.24, 2.45) is 0 Å². The average molecular weight is 279 g/mol. The van der Waals surface area contributed by atoms with Crippen LogP contribution in [0.25, 0.3) is 0 Å². The number of ether oxygens (including phenoxy) is 2. The fourth-order valence-corrected chi connectivity index (χ4v) is 4.69. The molecule has 0 bridgehead atoms. The van der Waals surface area contributed by atoms with Gasteiger partial charge in [0.15, 0.2) is 0 Å². The number of hydrogen-bond acceptors (Lipinski definition) is 4. The topological polar surface area (TPSA) is 21.7 Å². The van der Waals surface area contributed by atoms with E-state index < -0.39 is 0 Å². The molecule has 0 radical (unpaired) electrons. The Bertz CT molecular complexity index is 428. The minimum Gasteiger partial charge on any atom is -0.497 e. The highest BCUT2D eigenvalue weighted by molar-refractivity contribution is 8.01. The van der Waals surface area contributed by atoms with Crippen molar-refractivity contribution in [2.75, 3.05) is 33.1 Å². The third-order valence-electron chi connectivity index (χ3n) is 4.10. The van der Waals surface area contributed by atoms with Gasteiger partial charge in [0.25, 0.3) is 0 Å². The molecule has 2 aliphatic rings. The molecule has 0 aliphatic carbocycles. The van der Waals surface area contributed by atoms with Crippen molar-refractivity contribution in [1.29, 1.82) is 0 Å². The fourth-order valence-electron chi connectivity index (χ4n) is 3.04. The normalized spacial score (nSPS) is 25.5. The molecule has 4 heteroatoms. The first-order valence-electron chi connectivity index (χ1n) is 6.75. The molecule has 1 spiro atoms. The number of nitrogens with zero attached hydrogens (tertiary/aromatic N) is 1. The molecule has 3 rings (SSSR count). The predicted molar refractivity (Wildman–Crippen MR) is 78.9 cm³/mol. The zero-order chi connectivity index (χ0) is 13.3. The third kappa shape index (κ3) is 2.76. The Kier molecular flexibility index (Phi) is 3.74. The summed E-state index contributed by atoms with van der Waals surface area (Å²) in [4.78, 5) is 2.52. The molecule has 1 aromatic rings. The van der Waals surface area contributed by atoms with Crippen LogP contribution in [0.5, 0.6) is 5.75 Å². The summed E-state index contributed by atoms with van der Waals surface area (Å²) in [5.74, 6) is 2.09. The average Bonchev–Trinajstić information content (AvgIpc) is 2.84. The third-order valence-corrected chi connectivity index (χ3v) is 5.67. The predicted octanol–water partition coefficient (Wildman–Crippen LogP) is 2.40. The lowest BCUT2D eigenvalue weighted by Gasteiger charge is -2.47. The Morgan fingerprint density at radius 2 is 2.00 bits per heavy atom. The monoisotopic (exact) mass is 279 g/mol. The van der Waals surface area contributed by atoms with Crippen LogP contribution in [-0.4, -0.2) is 48.8 Å². The number of methoxy groups -OCH3 is 2. The molecule has 19 heavy (non-hydrogen) atoms. The number of hydrogen-bond donors (Lipinski definition) is 0. The van der Waals surface area contributed by atoms with Gasteiger partial charge in [0, 0.05) is 37.2 Å². The quantitative estimate of drug-likeness (QED) is 0.843. The van der Waals surface area contributed by atoms with Crippen LogP contribution in [0.2, 0.25) is 0 Å². The van der Waals surface area contributed by atoms with E-state index in [1.807, 2.05) is 19.2 Å². The van der Waals surface area contributed by atoms with Crippen LogP contribution in [-0.2, 0) is 11.3 Å². The summed E-state index contributed by atoms with van der Waals surface area (Å²) < 4.78 is 11.1. The highest BCUT2D eigenvalue weighted by Crippen LogP contribution is 2.46. The van der Waals surface area contributed by atoms with E-state index in [1.165, 1.54) is 25.1 Å². The molecule has 0 amide bonds. The minimum atomic E-state index is 0.466. The van der Waals surface area contributed by atoms with Gasteiger partial charge in [-0.05, 0) is 24.1 Å². The van der Waals surface area contributed by atoms with Gasteiger partial charge in [-0.3, -0.25) is 4.90 Å². The number of benzene rings is 1. The minimum absolute atomic E-state index is 0.466. The van der Waals surface area contributed by atoms with Crippen molar-refractivity contribution >= 4 is 11.8 Å². The van der Waals surface area contributed by atoms with E-state index in [9.17, 15) is 0 Å². The van der Waals surface area contributed by atoms with Crippen LogP contribution in [0, 0.1) is 0 Å². The zero-order valence-corrected chi connectivity index (χ0v) is 12.4. The van der Waals surface area contributed by atoms with Gasteiger partial charge in [0.05, 0.1) is 13.2 Å². The Labute approximate surface area is 119 Å². The van der Waals surface area contributed by atoms with Gasteiger partial charge in [0.2, 0.25) is 0 Å². The Morgan fingerprint density at radius 3 is 2.58 bits per heavy atom. The van der Waals surface area contributed by atoms with Crippen LogP contribution in [0.3, 0.4) is 0 Å². The van der Waals surface area contributed by atoms with Crippen molar-refractivity contribution in [1.82, 2.24) is 4.90 Å². The van der Waals surface area contributed by atoms with E-state index in [4.69, 9.17) is 9.47 Å². The maximum absolute atomic E-state index is 5.47. The van der Waals surface area contributed by atoms with Crippen molar-refractivity contribution in [2.45, 2.75) is 23.8 Å². The smallest absolute Gasteiger partial charge is 0.118 e. The summed E-state index contributed by atoms with van der Waals surface area (Å²) in [6, 6.07) is 8.39. The molecule has 2 heterocycles. The lowest BCUT2D eigenvalue weighted by molar-refractivity contribution is 0.0631. The number of likely N-dealkylation sites (tertiary alicyclic amines) is 1. The lowest BCUT2D eigenvalue weighted by atomic mass is 9.92. The molecule has 0 unspecified atom stereocenters. The largest absolute Gasteiger partial charge is 0.497 e. The molecule has 0 saturated carbocycles. The second-order valence-electron chi connectivity index (χ2n) is 5.55. The number of rotatable bonds is 4. The SMILES string of the molecule is COc1ccc(CN2CC3(C[C@H](OC)CS3)C2)cc1. The van der Waals surface area contributed by atoms with Crippen molar-refractivity contribution in [3.8, 4) is 5.75 Å². The van der Waals surface area contributed by atoms with Gasteiger partial charge >= 0.3 is 0 Å². The van der Waals surface area contributed by atoms with Crippen molar-refractivity contribution in [3.05, 3.63) is 29.8 Å².